The first-order valence-corrected chi connectivity index (χ1v) is 7.59. The van der Waals surface area contributed by atoms with E-state index in [1.165, 1.54) is 4.90 Å². The average molecular weight is 325 g/mol. The van der Waals surface area contributed by atoms with Crippen LogP contribution in [0.15, 0.2) is 60.7 Å². The van der Waals surface area contributed by atoms with Crippen molar-refractivity contribution in [2.24, 2.45) is 0 Å². The lowest BCUT2D eigenvalue weighted by Crippen LogP contribution is -2.28. The number of nitrogens with zero attached hydrogens (tertiary/aromatic N) is 1. The zero-order valence-corrected chi connectivity index (χ0v) is 13.5. The number of esters is 1. The van der Waals surface area contributed by atoms with Crippen LogP contribution < -0.4 is 4.90 Å². The summed E-state index contributed by atoms with van der Waals surface area (Å²) in [5, 5.41) is 0. The summed E-state index contributed by atoms with van der Waals surface area (Å²) in [4.78, 5) is 37.0. The van der Waals surface area contributed by atoms with Gasteiger partial charge in [-0.1, -0.05) is 48.5 Å². The van der Waals surface area contributed by atoms with Gasteiger partial charge in [0.05, 0.1) is 6.42 Å². The van der Waals surface area contributed by atoms with Crippen molar-refractivity contribution in [2.75, 3.05) is 11.9 Å². The summed E-state index contributed by atoms with van der Waals surface area (Å²) in [6.07, 6.45) is -0.729. The molecular formula is C19H19NO4. The molecule has 2 aromatic carbocycles. The normalized spacial score (nSPS) is 10.0. The molecule has 24 heavy (non-hydrogen) atoms. The molecule has 0 aromatic heterocycles. The number of ether oxygens (including phenoxy) is 1. The van der Waals surface area contributed by atoms with Crippen molar-refractivity contribution in [3.05, 3.63) is 66.2 Å². The quantitative estimate of drug-likeness (QED) is 0.580. The molecule has 124 valence electrons. The maximum Gasteiger partial charge on any atom is 0.313 e. The molecule has 0 fully saturated rings. The second-order valence-electron chi connectivity index (χ2n) is 5.33. The van der Waals surface area contributed by atoms with Crippen LogP contribution in [0.5, 0.6) is 0 Å². The third-order valence-corrected chi connectivity index (χ3v) is 3.45. The molecule has 1 amide bonds. The number of para-hydroxylation sites is 1. The van der Waals surface area contributed by atoms with Crippen LogP contribution in [-0.4, -0.2) is 24.7 Å². The first-order chi connectivity index (χ1) is 11.6. The lowest BCUT2D eigenvalue weighted by Gasteiger charge is -2.16. The molecule has 0 saturated heterocycles. The standard InChI is InChI=1S/C19H19NO4/c1-20(16-10-6-3-7-11-16)18(22)12-17(21)13-19(23)24-14-15-8-4-2-5-9-15/h2-11H,12-14H2,1H3. The molecule has 0 aliphatic heterocycles. The van der Waals surface area contributed by atoms with E-state index in [4.69, 9.17) is 4.74 Å². The van der Waals surface area contributed by atoms with Gasteiger partial charge in [-0.05, 0) is 17.7 Å². The summed E-state index contributed by atoms with van der Waals surface area (Å²) in [7, 11) is 1.60. The van der Waals surface area contributed by atoms with Crippen LogP contribution in [0, 0.1) is 0 Å². The van der Waals surface area contributed by atoms with Gasteiger partial charge in [0, 0.05) is 12.7 Å². The van der Waals surface area contributed by atoms with E-state index in [1.54, 1.807) is 19.2 Å². The molecule has 0 radical (unpaired) electrons. The van der Waals surface area contributed by atoms with E-state index in [1.807, 2.05) is 48.5 Å². The molecule has 2 rings (SSSR count). The highest BCUT2D eigenvalue weighted by Crippen LogP contribution is 2.12. The van der Waals surface area contributed by atoms with Gasteiger partial charge in [0.1, 0.15) is 13.0 Å². The fourth-order valence-electron chi connectivity index (χ4n) is 2.10. The van der Waals surface area contributed by atoms with Crippen LogP contribution in [0.4, 0.5) is 5.69 Å². The van der Waals surface area contributed by atoms with Crippen molar-refractivity contribution in [2.45, 2.75) is 19.4 Å². The van der Waals surface area contributed by atoms with Crippen LogP contribution in [0.3, 0.4) is 0 Å². The van der Waals surface area contributed by atoms with Gasteiger partial charge in [0.2, 0.25) is 5.91 Å². The average Bonchev–Trinajstić information content (AvgIpc) is 2.60. The molecule has 0 unspecified atom stereocenters. The minimum atomic E-state index is -0.626. The Bertz CT molecular complexity index is 698. The zero-order valence-electron chi connectivity index (χ0n) is 13.5. The molecule has 0 saturated carbocycles. The Labute approximate surface area is 140 Å². The van der Waals surface area contributed by atoms with Gasteiger partial charge in [-0.2, -0.15) is 0 Å². The molecule has 2 aromatic rings. The Kier molecular flexibility index (Phi) is 6.25. The topological polar surface area (TPSA) is 63.7 Å². The predicted molar refractivity (Wildman–Crippen MR) is 90.3 cm³/mol. The van der Waals surface area contributed by atoms with Crippen LogP contribution in [0.2, 0.25) is 0 Å². The maximum atomic E-state index is 12.1. The summed E-state index contributed by atoms with van der Waals surface area (Å²) in [6.45, 7) is 0.116. The largest absolute Gasteiger partial charge is 0.460 e. The van der Waals surface area contributed by atoms with Crippen molar-refractivity contribution in [1.82, 2.24) is 0 Å². The van der Waals surface area contributed by atoms with E-state index in [-0.39, 0.29) is 18.9 Å². The van der Waals surface area contributed by atoms with Crippen LogP contribution in [0.25, 0.3) is 0 Å². The Morgan fingerprint density at radius 1 is 0.875 bits per heavy atom. The van der Waals surface area contributed by atoms with Crippen LogP contribution >= 0.6 is 0 Å². The van der Waals surface area contributed by atoms with Gasteiger partial charge in [0.25, 0.3) is 0 Å². The van der Waals surface area contributed by atoms with Gasteiger partial charge in [-0.15, -0.1) is 0 Å². The highest BCUT2D eigenvalue weighted by atomic mass is 16.5. The Morgan fingerprint density at radius 2 is 1.46 bits per heavy atom. The van der Waals surface area contributed by atoms with Gasteiger partial charge in [-0.3, -0.25) is 14.4 Å². The fraction of sp³-hybridized carbons (Fsp3) is 0.211. The zero-order chi connectivity index (χ0) is 17.4. The number of carbonyl (C=O) groups is 3. The third kappa shape index (κ3) is 5.35. The Balaban J connectivity index is 1.77. The van der Waals surface area contributed by atoms with Crippen molar-refractivity contribution in [1.29, 1.82) is 0 Å². The van der Waals surface area contributed by atoms with Crippen molar-refractivity contribution in [3.63, 3.8) is 0 Å². The van der Waals surface area contributed by atoms with E-state index in [0.717, 1.165) is 5.56 Å². The second-order valence-corrected chi connectivity index (χ2v) is 5.33. The molecule has 0 bridgehead atoms. The summed E-state index contributed by atoms with van der Waals surface area (Å²) in [5.41, 5.74) is 1.54. The number of hydrogen-bond acceptors (Lipinski definition) is 4. The lowest BCUT2D eigenvalue weighted by atomic mass is 10.2. The first kappa shape index (κ1) is 17.4. The SMILES string of the molecule is CN(C(=O)CC(=O)CC(=O)OCc1ccccc1)c1ccccc1. The number of ketones is 1. The Hall–Kier alpha value is -2.95. The molecular weight excluding hydrogens is 306 g/mol. The van der Waals surface area contributed by atoms with Crippen molar-refractivity contribution >= 4 is 23.3 Å². The predicted octanol–water partition coefficient (Wildman–Crippen LogP) is 2.74. The maximum absolute atomic E-state index is 12.1. The molecule has 0 aliphatic carbocycles. The number of carbonyl (C=O) groups excluding carboxylic acids is 3. The van der Waals surface area contributed by atoms with Gasteiger partial charge >= 0.3 is 5.97 Å². The molecule has 0 spiro atoms. The van der Waals surface area contributed by atoms with E-state index in [0.29, 0.717) is 5.69 Å². The summed E-state index contributed by atoms with van der Waals surface area (Å²) in [6, 6.07) is 18.2. The minimum absolute atomic E-state index is 0.116. The third-order valence-electron chi connectivity index (χ3n) is 3.45. The number of hydrogen-bond donors (Lipinski definition) is 0. The fourth-order valence-corrected chi connectivity index (χ4v) is 2.10. The van der Waals surface area contributed by atoms with Crippen LogP contribution in [0.1, 0.15) is 18.4 Å². The van der Waals surface area contributed by atoms with E-state index in [2.05, 4.69) is 0 Å². The molecule has 5 heteroatoms. The number of benzene rings is 2. The van der Waals surface area contributed by atoms with Crippen LogP contribution in [-0.2, 0) is 25.7 Å². The summed E-state index contributed by atoms with van der Waals surface area (Å²) in [5.74, 6) is -1.44. The number of amides is 1. The number of rotatable bonds is 7. The number of Topliss-reactive ketones (excluding diaryl/α,β-unsaturated/α-hetero) is 1. The minimum Gasteiger partial charge on any atom is -0.460 e. The monoisotopic (exact) mass is 325 g/mol. The van der Waals surface area contributed by atoms with E-state index < -0.39 is 18.2 Å². The lowest BCUT2D eigenvalue weighted by molar-refractivity contribution is -0.147. The van der Waals surface area contributed by atoms with Gasteiger partial charge < -0.3 is 9.64 Å². The molecule has 0 N–H and O–H groups in total. The summed E-state index contributed by atoms with van der Waals surface area (Å²) < 4.78 is 5.04. The molecule has 5 nitrogen and oxygen atoms in total. The van der Waals surface area contributed by atoms with E-state index in [9.17, 15) is 14.4 Å². The van der Waals surface area contributed by atoms with Crippen molar-refractivity contribution < 1.29 is 19.1 Å². The smallest absolute Gasteiger partial charge is 0.313 e. The summed E-state index contributed by atoms with van der Waals surface area (Å²) >= 11 is 0. The molecule has 0 heterocycles. The van der Waals surface area contributed by atoms with Gasteiger partial charge in [-0.25, -0.2) is 0 Å². The molecule has 0 aliphatic rings. The molecule has 0 atom stereocenters. The number of anilines is 1. The van der Waals surface area contributed by atoms with Gasteiger partial charge in [0.15, 0.2) is 5.78 Å². The first-order valence-electron chi connectivity index (χ1n) is 7.59. The second kappa shape index (κ2) is 8.62. The van der Waals surface area contributed by atoms with E-state index >= 15 is 0 Å². The van der Waals surface area contributed by atoms with Crippen molar-refractivity contribution in [3.8, 4) is 0 Å². The highest BCUT2D eigenvalue weighted by Gasteiger charge is 2.18. The highest BCUT2D eigenvalue weighted by molar-refractivity contribution is 6.09. The Morgan fingerprint density at radius 3 is 2.08 bits per heavy atom.